The molecule has 0 N–H and O–H groups in total. The molecule has 0 aliphatic rings. The van der Waals surface area contributed by atoms with E-state index in [9.17, 15) is 0 Å². The van der Waals surface area contributed by atoms with Gasteiger partial charge in [-0.05, 0) is 29.3 Å². The fourth-order valence-electron chi connectivity index (χ4n) is 1.76. The van der Waals surface area contributed by atoms with E-state index in [2.05, 4.69) is 36.4 Å². The summed E-state index contributed by atoms with van der Waals surface area (Å²) in [5, 5.41) is 0. The molecule has 0 aromatic heterocycles. The van der Waals surface area contributed by atoms with Crippen LogP contribution in [0.5, 0.6) is 0 Å². The number of hydrogen-bond acceptors (Lipinski definition) is 1. The van der Waals surface area contributed by atoms with Crippen LogP contribution in [0.2, 0.25) is 0 Å². The molecule has 0 atom stereocenters. The molecule has 2 rings (SSSR count). The van der Waals surface area contributed by atoms with E-state index < -0.39 is 0 Å². The molecule has 0 bridgehead atoms. The lowest BCUT2D eigenvalue weighted by Crippen LogP contribution is -2.15. The molecule has 0 fully saturated rings. The molecule has 88 valence electrons. The van der Waals surface area contributed by atoms with Gasteiger partial charge in [-0.3, -0.25) is 0 Å². The van der Waals surface area contributed by atoms with Gasteiger partial charge in [-0.25, -0.2) is 4.42 Å². The zero-order valence-electron chi connectivity index (χ0n) is 9.72. The predicted octanol–water partition coefficient (Wildman–Crippen LogP) is 3.89. The number of rotatable bonds is 5. The Morgan fingerprint density at radius 1 is 0.765 bits per heavy atom. The standard InChI is InChI=1S/C15H16ClN/c16-17(13-15-9-5-2-6-10-15)12-11-14-7-3-1-4-8-14/h1-10H,11-13H2. The lowest BCUT2D eigenvalue weighted by Gasteiger charge is -2.13. The Morgan fingerprint density at radius 2 is 1.29 bits per heavy atom. The van der Waals surface area contributed by atoms with Crippen LogP contribution in [-0.2, 0) is 13.0 Å². The molecule has 17 heavy (non-hydrogen) atoms. The summed E-state index contributed by atoms with van der Waals surface area (Å²) in [7, 11) is 0. The minimum absolute atomic E-state index is 0.787. The van der Waals surface area contributed by atoms with Crippen LogP contribution in [0.1, 0.15) is 11.1 Å². The molecule has 0 aliphatic carbocycles. The topological polar surface area (TPSA) is 3.24 Å². The van der Waals surface area contributed by atoms with Gasteiger partial charge < -0.3 is 0 Å². The minimum Gasteiger partial charge on any atom is -0.215 e. The van der Waals surface area contributed by atoms with Crippen LogP contribution < -0.4 is 0 Å². The molecular weight excluding hydrogens is 230 g/mol. The van der Waals surface area contributed by atoms with E-state index in [0.29, 0.717) is 0 Å². The maximum atomic E-state index is 6.20. The lowest BCUT2D eigenvalue weighted by molar-refractivity contribution is 0.454. The first kappa shape index (κ1) is 12.2. The first-order valence-electron chi connectivity index (χ1n) is 5.83. The summed E-state index contributed by atoms with van der Waals surface area (Å²) >= 11 is 6.20. The first-order chi connectivity index (χ1) is 8.34. The Morgan fingerprint density at radius 3 is 1.88 bits per heavy atom. The smallest absolute Gasteiger partial charge is 0.0389 e. The van der Waals surface area contributed by atoms with Gasteiger partial charge in [0, 0.05) is 13.1 Å². The number of halogens is 1. The summed E-state index contributed by atoms with van der Waals surface area (Å²) in [6, 6.07) is 20.7. The summed E-state index contributed by atoms with van der Waals surface area (Å²) in [4.78, 5) is 0. The third kappa shape index (κ3) is 4.22. The predicted molar refractivity (Wildman–Crippen MR) is 72.9 cm³/mol. The number of nitrogens with zero attached hydrogens (tertiary/aromatic N) is 1. The van der Waals surface area contributed by atoms with Crippen LogP contribution in [0.15, 0.2) is 60.7 Å². The summed E-state index contributed by atoms with van der Waals surface area (Å²) in [5.74, 6) is 0. The second-order valence-corrected chi connectivity index (χ2v) is 4.54. The third-order valence-corrected chi connectivity index (χ3v) is 2.97. The van der Waals surface area contributed by atoms with Crippen molar-refractivity contribution in [3.05, 3.63) is 71.8 Å². The number of benzene rings is 2. The monoisotopic (exact) mass is 245 g/mol. The molecule has 0 unspecified atom stereocenters. The van der Waals surface area contributed by atoms with Gasteiger partial charge in [0.15, 0.2) is 0 Å². The molecular formula is C15H16ClN. The molecule has 0 aliphatic heterocycles. The highest BCUT2D eigenvalue weighted by Crippen LogP contribution is 2.08. The van der Waals surface area contributed by atoms with Crippen molar-refractivity contribution < 1.29 is 0 Å². The zero-order chi connectivity index (χ0) is 11.9. The van der Waals surface area contributed by atoms with Crippen LogP contribution in [0, 0.1) is 0 Å². The Kier molecular flexibility index (Phi) is 4.60. The van der Waals surface area contributed by atoms with E-state index in [4.69, 9.17) is 11.8 Å². The van der Waals surface area contributed by atoms with Crippen molar-refractivity contribution in [3.8, 4) is 0 Å². The van der Waals surface area contributed by atoms with E-state index in [0.717, 1.165) is 19.5 Å². The first-order valence-corrected chi connectivity index (χ1v) is 6.17. The van der Waals surface area contributed by atoms with Gasteiger partial charge in [-0.15, -0.1) is 0 Å². The van der Waals surface area contributed by atoms with Gasteiger partial charge in [0.05, 0.1) is 0 Å². The van der Waals surface area contributed by atoms with Gasteiger partial charge in [0.1, 0.15) is 0 Å². The second-order valence-electron chi connectivity index (χ2n) is 4.07. The van der Waals surface area contributed by atoms with Crippen LogP contribution in [0.3, 0.4) is 0 Å². The van der Waals surface area contributed by atoms with Gasteiger partial charge >= 0.3 is 0 Å². The Labute approximate surface area is 108 Å². The highest BCUT2D eigenvalue weighted by Gasteiger charge is 2.02. The molecule has 0 spiro atoms. The van der Waals surface area contributed by atoms with Crippen molar-refractivity contribution in [1.29, 1.82) is 0 Å². The van der Waals surface area contributed by atoms with Crippen molar-refractivity contribution in [1.82, 2.24) is 4.42 Å². The molecule has 2 heteroatoms. The van der Waals surface area contributed by atoms with E-state index in [-0.39, 0.29) is 0 Å². The second kappa shape index (κ2) is 6.43. The Hall–Kier alpha value is -1.31. The van der Waals surface area contributed by atoms with Crippen molar-refractivity contribution in [2.75, 3.05) is 6.54 Å². The lowest BCUT2D eigenvalue weighted by atomic mass is 10.1. The van der Waals surface area contributed by atoms with Gasteiger partial charge in [0.25, 0.3) is 0 Å². The molecule has 0 saturated heterocycles. The van der Waals surface area contributed by atoms with Crippen molar-refractivity contribution in [2.24, 2.45) is 0 Å². The van der Waals surface area contributed by atoms with Gasteiger partial charge in [0.2, 0.25) is 0 Å². The maximum Gasteiger partial charge on any atom is 0.0389 e. The molecule has 0 saturated carbocycles. The highest BCUT2D eigenvalue weighted by atomic mass is 35.5. The Balaban J connectivity index is 1.80. The fourth-order valence-corrected chi connectivity index (χ4v) is 1.98. The molecule has 2 aromatic carbocycles. The van der Waals surface area contributed by atoms with Crippen LogP contribution in [0.25, 0.3) is 0 Å². The number of hydrogen-bond donors (Lipinski definition) is 0. The SMILES string of the molecule is ClN(CCc1ccccc1)Cc1ccccc1. The highest BCUT2D eigenvalue weighted by molar-refractivity contribution is 6.13. The van der Waals surface area contributed by atoms with Crippen LogP contribution in [-0.4, -0.2) is 11.0 Å². The molecule has 0 radical (unpaired) electrons. The molecule has 1 nitrogen and oxygen atoms in total. The Bertz CT molecular complexity index is 427. The normalized spacial score (nSPS) is 10.7. The van der Waals surface area contributed by atoms with E-state index in [1.165, 1.54) is 11.1 Å². The van der Waals surface area contributed by atoms with Gasteiger partial charge in [-0.1, -0.05) is 60.7 Å². The average Bonchev–Trinajstić information content (AvgIpc) is 2.39. The van der Waals surface area contributed by atoms with Crippen molar-refractivity contribution in [3.63, 3.8) is 0 Å². The fraction of sp³-hybridized carbons (Fsp3) is 0.200. The molecule has 0 heterocycles. The molecule has 2 aromatic rings. The molecule has 0 amide bonds. The van der Waals surface area contributed by atoms with Crippen molar-refractivity contribution in [2.45, 2.75) is 13.0 Å². The van der Waals surface area contributed by atoms with E-state index in [1.54, 1.807) is 0 Å². The summed E-state index contributed by atoms with van der Waals surface area (Å²) < 4.78 is 1.84. The third-order valence-electron chi connectivity index (χ3n) is 2.68. The minimum atomic E-state index is 0.787. The summed E-state index contributed by atoms with van der Waals surface area (Å²) in [6.45, 7) is 1.65. The van der Waals surface area contributed by atoms with Crippen LogP contribution in [0.4, 0.5) is 0 Å². The van der Waals surface area contributed by atoms with Crippen molar-refractivity contribution >= 4 is 11.8 Å². The average molecular weight is 246 g/mol. The summed E-state index contributed by atoms with van der Waals surface area (Å²) in [6.07, 6.45) is 0.983. The zero-order valence-corrected chi connectivity index (χ0v) is 10.5. The maximum absolute atomic E-state index is 6.20. The van der Waals surface area contributed by atoms with E-state index in [1.807, 2.05) is 28.7 Å². The van der Waals surface area contributed by atoms with Crippen LogP contribution >= 0.6 is 11.8 Å². The quantitative estimate of drug-likeness (QED) is 0.723. The van der Waals surface area contributed by atoms with Gasteiger partial charge in [-0.2, -0.15) is 0 Å². The largest absolute Gasteiger partial charge is 0.215 e. The van der Waals surface area contributed by atoms with E-state index >= 15 is 0 Å². The summed E-state index contributed by atoms with van der Waals surface area (Å²) in [5.41, 5.74) is 2.57.